The Bertz CT molecular complexity index is 1050. The van der Waals surface area contributed by atoms with E-state index < -0.39 is 18.0 Å². The Kier molecular flexibility index (Phi) is 5.89. The molecule has 6 heteroatoms. The molecule has 0 radical (unpaired) electrons. The molecule has 1 N–H and O–H groups in total. The molecule has 0 fully saturated rings. The molecule has 1 atom stereocenters. The highest BCUT2D eigenvalue weighted by atomic mass is 16.5. The van der Waals surface area contributed by atoms with E-state index in [0.717, 1.165) is 22.4 Å². The molecule has 6 nitrogen and oxygen atoms in total. The molecule has 1 aliphatic heterocycles. The van der Waals surface area contributed by atoms with Crippen molar-refractivity contribution in [2.75, 3.05) is 7.11 Å². The Hall–Kier alpha value is -3.80. The molecule has 0 aliphatic carbocycles. The van der Waals surface area contributed by atoms with Crippen LogP contribution in [0, 0.1) is 0 Å². The number of ether oxygens (including phenoxy) is 3. The van der Waals surface area contributed by atoms with Gasteiger partial charge in [0.1, 0.15) is 23.2 Å². The molecule has 0 bridgehead atoms. The van der Waals surface area contributed by atoms with Crippen LogP contribution in [0.3, 0.4) is 0 Å². The van der Waals surface area contributed by atoms with Crippen LogP contribution >= 0.6 is 0 Å². The molecule has 0 saturated heterocycles. The van der Waals surface area contributed by atoms with Gasteiger partial charge in [0.2, 0.25) is 0 Å². The number of carbonyl (C=O) groups is 2. The second kappa shape index (κ2) is 8.92. The van der Waals surface area contributed by atoms with Crippen LogP contribution in [0.5, 0.6) is 17.2 Å². The van der Waals surface area contributed by atoms with Crippen molar-refractivity contribution < 1.29 is 23.8 Å². The molecule has 1 heterocycles. The summed E-state index contributed by atoms with van der Waals surface area (Å²) in [6, 6.07) is 22.1. The van der Waals surface area contributed by atoms with E-state index in [2.05, 4.69) is 5.32 Å². The van der Waals surface area contributed by atoms with E-state index in [1.54, 1.807) is 14.0 Å². The molecule has 0 saturated carbocycles. The van der Waals surface area contributed by atoms with Gasteiger partial charge in [0.15, 0.2) is 6.10 Å². The third-order valence-corrected chi connectivity index (χ3v) is 5.20. The zero-order valence-electron chi connectivity index (χ0n) is 17.3. The summed E-state index contributed by atoms with van der Waals surface area (Å²) >= 11 is 0. The molecule has 3 aromatic carbocycles. The first kappa shape index (κ1) is 20.5. The Morgan fingerprint density at radius 2 is 1.52 bits per heavy atom. The molecule has 0 unspecified atom stereocenters. The third-order valence-electron chi connectivity index (χ3n) is 5.20. The number of methoxy groups -OCH3 is 1. The molecule has 1 aliphatic rings. The van der Waals surface area contributed by atoms with E-state index in [1.807, 2.05) is 72.8 Å². The molecule has 1 amide bonds. The van der Waals surface area contributed by atoms with Crippen LogP contribution in [-0.2, 0) is 20.9 Å². The molecule has 31 heavy (non-hydrogen) atoms. The molecular formula is C25H23NO5. The standard InChI is InChI=1S/C25H23NO5/c1-16(24(27)26-15-17-11-13-18(29-2)14-12-17)30-25(28)23-19-7-3-5-9-21(19)31-22-10-6-4-8-20(22)23/h3-14,16,23H,15H2,1-2H3,(H,26,27)/t16-/m0/s1. The summed E-state index contributed by atoms with van der Waals surface area (Å²) in [6.07, 6.45) is -0.937. The van der Waals surface area contributed by atoms with Gasteiger partial charge in [-0.2, -0.15) is 0 Å². The summed E-state index contributed by atoms with van der Waals surface area (Å²) in [4.78, 5) is 25.6. The van der Waals surface area contributed by atoms with Gasteiger partial charge in [0.25, 0.3) is 5.91 Å². The normalized spacial score (nSPS) is 13.2. The SMILES string of the molecule is COc1ccc(CNC(=O)[C@H](C)OC(=O)C2c3ccccc3Oc3ccccc32)cc1. The van der Waals surface area contributed by atoms with Gasteiger partial charge in [-0.15, -0.1) is 0 Å². The number of carbonyl (C=O) groups excluding carboxylic acids is 2. The highest BCUT2D eigenvalue weighted by Crippen LogP contribution is 2.44. The van der Waals surface area contributed by atoms with Crippen molar-refractivity contribution in [3.05, 3.63) is 89.5 Å². The Labute approximate surface area is 180 Å². The average molecular weight is 417 g/mol. The van der Waals surface area contributed by atoms with Crippen LogP contribution in [0.25, 0.3) is 0 Å². The lowest BCUT2D eigenvalue weighted by atomic mass is 9.88. The first-order valence-corrected chi connectivity index (χ1v) is 10.0. The van der Waals surface area contributed by atoms with Gasteiger partial charge in [-0.05, 0) is 36.8 Å². The van der Waals surface area contributed by atoms with Gasteiger partial charge in [-0.3, -0.25) is 9.59 Å². The molecule has 4 rings (SSSR count). The van der Waals surface area contributed by atoms with E-state index in [4.69, 9.17) is 14.2 Å². The summed E-state index contributed by atoms with van der Waals surface area (Å²) in [6.45, 7) is 1.89. The summed E-state index contributed by atoms with van der Waals surface area (Å²) in [5, 5.41) is 2.80. The van der Waals surface area contributed by atoms with Gasteiger partial charge in [-0.25, -0.2) is 0 Å². The minimum atomic E-state index is -0.937. The molecular weight excluding hydrogens is 394 g/mol. The molecule has 0 aromatic heterocycles. The third kappa shape index (κ3) is 4.38. The number of nitrogens with one attached hydrogen (secondary N) is 1. The lowest BCUT2D eigenvalue weighted by Crippen LogP contribution is -2.37. The number of hydrogen-bond acceptors (Lipinski definition) is 5. The highest BCUT2D eigenvalue weighted by molar-refractivity contribution is 5.89. The Balaban J connectivity index is 1.44. The van der Waals surface area contributed by atoms with Crippen LogP contribution in [-0.4, -0.2) is 25.1 Å². The fraction of sp³-hybridized carbons (Fsp3) is 0.200. The van der Waals surface area contributed by atoms with Gasteiger partial charge in [0, 0.05) is 17.7 Å². The molecule has 158 valence electrons. The second-order valence-corrected chi connectivity index (χ2v) is 7.26. The zero-order chi connectivity index (χ0) is 21.8. The van der Waals surface area contributed by atoms with Crippen molar-refractivity contribution in [1.29, 1.82) is 0 Å². The van der Waals surface area contributed by atoms with Crippen LogP contribution in [0.1, 0.15) is 29.5 Å². The van der Waals surface area contributed by atoms with Gasteiger partial charge < -0.3 is 19.5 Å². The zero-order valence-corrected chi connectivity index (χ0v) is 17.3. The van der Waals surface area contributed by atoms with Crippen LogP contribution in [0.15, 0.2) is 72.8 Å². The van der Waals surface area contributed by atoms with Crippen LogP contribution in [0.4, 0.5) is 0 Å². The second-order valence-electron chi connectivity index (χ2n) is 7.26. The number of amides is 1. The predicted molar refractivity (Wildman–Crippen MR) is 115 cm³/mol. The Morgan fingerprint density at radius 3 is 2.10 bits per heavy atom. The van der Waals surface area contributed by atoms with Gasteiger partial charge >= 0.3 is 5.97 Å². The van der Waals surface area contributed by atoms with E-state index in [9.17, 15) is 9.59 Å². The van der Waals surface area contributed by atoms with Crippen molar-refractivity contribution in [3.63, 3.8) is 0 Å². The summed E-state index contributed by atoms with van der Waals surface area (Å²) in [5.74, 6) is 0.458. The van der Waals surface area contributed by atoms with Crippen LogP contribution < -0.4 is 14.8 Å². The largest absolute Gasteiger partial charge is 0.497 e. The Morgan fingerprint density at radius 1 is 0.935 bits per heavy atom. The average Bonchev–Trinajstić information content (AvgIpc) is 2.81. The molecule has 0 spiro atoms. The number of rotatable bonds is 6. The number of fused-ring (bicyclic) bond motifs is 2. The van der Waals surface area contributed by atoms with Crippen molar-refractivity contribution in [3.8, 4) is 17.2 Å². The lowest BCUT2D eigenvalue weighted by Gasteiger charge is -2.27. The van der Waals surface area contributed by atoms with Crippen molar-refractivity contribution in [2.24, 2.45) is 0 Å². The first-order chi connectivity index (χ1) is 15.1. The smallest absolute Gasteiger partial charge is 0.318 e. The van der Waals surface area contributed by atoms with E-state index in [0.29, 0.717) is 18.0 Å². The van der Waals surface area contributed by atoms with Crippen molar-refractivity contribution in [2.45, 2.75) is 25.5 Å². The van der Waals surface area contributed by atoms with Crippen molar-refractivity contribution >= 4 is 11.9 Å². The van der Waals surface area contributed by atoms with Gasteiger partial charge in [-0.1, -0.05) is 48.5 Å². The van der Waals surface area contributed by atoms with Gasteiger partial charge in [0.05, 0.1) is 7.11 Å². The highest BCUT2D eigenvalue weighted by Gasteiger charge is 2.35. The maximum Gasteiger partial charge on any atom is 0.318 e. The van der Waals surface area contributed by atoms with Crippen LogP contribution in [0.2, 0.25) is 0 Å². The number of esters is 1. The fourth-order valence-corrected chi connectivity index (χ4v) is 3.54. The number of hydrogen-bond donors (Lipinski definition) is 1. The first-order valence-electron chi connectivity index (χ1n) is 10.0. The quantitative estimate of drug-likeness (QED) is 0.609. The number of para-hydroxylation sites is 2. The maximum atomic E-state index is 13.1. The monoisotopic (exact) mass is 417 g/mol. The maximum absolute atomic E-state index is 13.1. The van der Waals surface area contributed by atoms with E-state index >= 15 is 0 Å². The summed E-state index contributed by atoms with van der Waals surface area (Å²) < 4.78 is 16.6. The minimum absolute atomic E-state index is 0.327. The minimum Gasteiger partial charge on any atom is -0.497 e. The number of benzene rings is 3. The lowest BCUT2D eigenvalue weighted by molar-refractivity contribution is -0.155. The fourth-order valence-electron chi connectivity index (χ4n) is 3.54. The van der Waals surface area contributed by atoms with Crippen molar-refractivity contribution in [1.82, 2.24) is 5.32 Å². The van der Waals surface area contributed by atoms with E-state index in [1.165, 1.54) is 0 Å². The molecule has 3 aromatic rings. The topological polar surface area (TPSA) is 73.9 Å². The predicted octanol–water partition coefficient (Wildman–Crippen LogP) is 4.18. The van der Waals surface area contributed by atoms with E-state index in [-0.39, 0.29) is 5.91 Å². The summed E-state index contributed by atoms with van der Waals surface area (Å²) in [5.41, 5.74) is 2.36. The summed E-state index contributed by atoms with van der Waals surface area (Å²) in [7, 11) is 1.60.